The highest BCUT2D eigenvalue weighted by Gasteiger charge is 2.27. The second kappa shape index (κ2) is 7.23. The molecule has 0 saturated heterocycles. The molecule has 0 N–H and O–H groups in total. The minimum atomic E-state index is -0.294. The fourth-order valence-corrected chi connectivity index (χ4v) is 3.22. The van der Waals surface area contributed by atoms with E-state index in [4.69, 9.17) is 9.26 Å². The fraction of sp³-hybridized carbons (Fsp3) is 0.238. The highest BCUT2D eigenvalue weighted by molar-refractivity contribution is 5.78. The molecular formula is C21H19FN2O3. The van der Waals surface area contributed by atoms with E-state index in [1.165, 1.54) is 12.1 Å². The summed E-state index contributed by atoms with van der Waals surface area (Å²) in [5, 5.41) is 4.12. The SMILES string of the molecule is Cc1ccccc1OCC(=O)N1CCc2c(noc2-c2ccc(F)cc2)C1. The summed E-state index contributed by atoms with van der Waals surface area (Å²) in [6.45, 7) is 2.89. The summed E-state index contributed by atoms with van der Waals surface area (Å²) in [6.07, 6.45) is 0.641. The highest BCUT2D eigenvalue weighted by Crippen LogP contribution is 2.30. The van der Waals surface area contributed by atoms with E-state index in [0.717, 1.165) is 22.4 Å². The third kappa shape index (κ3) is 3.56. The van der Waals surface area contributed by atoms with Crippen molar-refractivity contribution in [3.05, 3.63) is 71.2 Å². The monoisotopic (exact) mass is 366 g/mol. The van der Waals surface area contributed by atoms with E-state index < -0.39 is 0 Å². The van der Waals surface area contributed by atoms with E-state index in [1.54, 1.807) is 17.0 Å². The summed E-state index contributed by atoms with van der Waals surface area (Å²) in [5.74, 6) is 0.977. The molecule has 0 saturated carbocycles. The van der Waals surface area contributed by atoms with Gasteiger partial charge in [-0.25, -0.2) is 4.39 Å². The lowest BCUT2D eigenvalue weighted by molar-refractivity contribution is -0.134. The minimum Gasteiger partial charge on any atom is -0.484 e. The number of aryl methyl sites for hydroxylation is 1. The van der Waals surface area contributed by atoms with Crippen LogP contribution in [0.2, 0.25) is 0 Å². The normalized spacial score (nSPS) is 13.3. The first kappa shape index (κ1) is 17.3. The molecule has 5 nitrogen and oxygen atoms in total. The Bertz CT molecular complexity index is 966. The topological polar surface area (TPSA) is 55.6 Å². The van der Waals surface area contributed by atoms with Gasteiger partial charge < -0.3 is 14.2 Å². The van der Waals surface area contributed by atoms with E-state index >= 15 is 0 Å². The first-order chi connectivity index (χ1) is 13.1. The number of ether oxygens (including phenoxy) is 1. The Morgan fingerprint density at radius 3 is 2.78 bits per heavy atom. The summed E-state index contributed by atoms with van der Waals surface area (Å²) in [4.78, 5) is 14.2. The second-order valence-corrected chi connectivity index (χ2v) is 6.56. The van der Waals surface area contributed by atoms with Gasteiger partial charge in [-0.3, -0.25) is 4.79 Å². The lowest BCUT2D eigenvalue weighted by atomic mass is 10.0. The Balaban J connectivity index is 1.43. The molecule has 27 heavy (non-hydrogen) atoms. The standard InChI is InChI=1S/C21H19FN2O3/c1-14-4-2-3-5-19(14)26-13-20(25)24-11-10-17-18(12-24)23-27-21(17)15-6-8-16(22)9-7-15/h2-9H,10-13H2,1H3. The summed E-state index contributed by atoms with van der Waals surface area (Å²) < 4.78 is 24.3. The Kier molecular flexibility index (Phi) is 4.62. The largest absolute Gasteiger partial charge is 0.484 e. The number of fused-ring (bicyclic) bond motifs is 1. The van der Waals surface area contributed by atoms with Crippen molar-refractivity contribution in [2.45, 2.75) is 19.9 Å². The van der Waals surface area contributed by atoms with Crippen LogP contribution in [0.15, 0.2) is 53.1 Å². The van der Waals surface area contributed by atoms with Crippen LogP contribution in [-0.2, 0) is 17.8 Å². The molecule has 1 aliphatic rings. The van der Waals surface area contributed by atoms with Gasteiger partial charge >= 0.3 is 0 Å². The zero-order valence-electron chi connectivity index (χ0n) is 14.9. The zero-order valence-corrected chi connectivity index (χ0v) is 14.9. The van der Waals surface area contributed by atoms with Gasteiger partial charge in [-0.05, 0) is 49.2 Å². The van der Waals surface area contributed by atoms with E-state index in [2.05, 4.69) is 5.16 Å². The van der Waals surface area contributed by atoms with Crippen LogP contribution in [0.3, 0.4) is 0 Å². The maximum atomic E-state index is 13.1. The lowest BCUT2D eigenvalue weighted by Gasteiger charge is -2.26. The van der Waals surface area contributed by atoms with E-state index in [1.807, 2.05) is 31.2 Å². The molecule has 0 spiro atoms. The van der Waals surface area contributed by atoms with Crippen LogP contribution in [0.25, 0.3) is 11.3 Å². The first-order valence-corrected chi connectivity index (χ1v) is 8.81. The third-order valence-corrected chi connectivity index (χ3v) is 4.75. The number of benzene rings is 2. The van der Waals surface area contributed by atoms with Crippen LogP contribution in [0.5, 0.6) is 5.75 Å². The third-order valence-electron chi connectivity index (χ3n) is 4.75. The van der Waals surface area contributed by atoms with Crippen LogP contribution in [0.4, 0.5) is 4.39 Å². The van der Waals surface area contributed by atoms with Crippen molar-refractivity contribution in [2.75, 3.05) is 13.2 Å². The average molecular weight is 366 g/mol. The summed E-state index contributed by atoms with van der Waals surface area (Å²) >= 11 is 0. The lowest BCUT2D eigenvalue weighted by Crippen LogP contribution is -2.38. The number of hydrogen-bond donors (Lipinski definition) is 0. The molecular weight excluding hydrogens is 347 g/mol. The number of nitrogens with zero attached hydrogens (tertiary/aromatic N) is 2. The highest BCUT2D eigenvalue weighted by atomic mass is 19.1. The molecule has 0 unspecified atom stereocenters. The smallest absolute Gasteiger partial charge is 0.260 e. The van der Waals surface area contributed by atoms with Gasteiger partial charge in [0.2, 0.25) is 0 Å². The van der Waals surface area contributed by atoms with Crippen molar-refractivity contribution in [3.63, 3.8) is 0 Å². The maximum Gasteiger partial charge on any atom is 0.260 e. The molecule has 2 heterocycles. The van der Waals surface area contributed by atoms with E-state index in [9.17, 15) is 9.18 Å². The molecule has 1 aliphatic heterocycles. The summed E-state index contributed by atoms with van der Waals surface area (Å²) in [5.41, 5.74) is 3.50. The van der Waals surface area contributed by atoms with E-state index in [0.29, 0.717) is 31.0 Å². The molecule has 1 amide bonds. The van der Waals surface area contributed by atoms with Gasteiger partial charge in [-0.2, -0.15) is 0 Å². The molecule has 3 aromatic rings. The Morgan fingerprint density at radius 1 is 1.22 bits per heavy atom. The van der Waals surface area contributed by atoms with E-state index in [-0.39, 0.29) is 18.3 Å². The molecule has 4 rings (SSSR count). The second-order valence-electron chi connectivity index (χ2n) is 6.56. The molecule has 138 valence electrons. The van der Waals surface area contributed by atoms with Gasteiger partial charge in [-0.15, -0.1) is 0 Å². The number of hydrogen-bond acceptors (Lipinski definition) is 4. The number of carbonyl (C=O) groups is 1. The number of amides is 1. The van der Waals surface area contributed by atoms with Gasteiger partial charge in [0.05, 0.1) is 6.54 Å². The van der Waals surface area contributed by atoms with Crippen LogP contribution in [0.1, 0.15) is 16.8 Å². The molecule has 0 atom stereocenters. The average Bonchev–Trinajstić information content (AvgIpc) is 3.11. The van der Waals surface area contributed by atoms with Crippen molar-refractivity contribution in [3.8, 4) is 17.1 Å². The number of halogens is 1. The maximum absolute atomic E-state index is 13.1. The van der Waals surface area contributed by atoms with Gasteiger partial charge in [0.25, 0.3) is 5.91 Å². The Labute approximate surface area is 156 Å². The van der Waals surface area contributed by atoms with Crippen molar-refractivity contribution >= 4 is 5.91 Å². The number of para-hydroxylation sites is 1. The van der Waals surface area contributed by atoms with Crippen LogP contribution in [0, 0.1) is 12.7 Å². The van der Waals surface area contributed by atoms with Crippen molar-refractivity contribution < 1.29 is 18.4 Å². The molecule has 1 aromatic heterocycles. The Hall–Kier alpha value is -3.15. The van der Waals surface area contributed by atoms with Crippen LogP contribution in [-0.4, -0.2) is 29.1 Å². The molecule has 0 aliphatic carbocycles. The zero-order chi connectivity index (χ0) is 18.8. The predicted octanol–water partition coefficient (Wildman–Crippen LogP) is 3.75. The molecule has 0 fully saturated rings. The molecule has 0 bridgehead atoms. The Morgan fingerprint density at radius 2 is 2.00 bits per heavy atom. The van der Waals surface area contributed by atoms with Crippen molar-refractivity contribution in [1.29, 1.82) is 0 Å². The minimum absolute atomic E-state index is 0.0111. The number of rotatable bonds is 4. The molecule has 2 aromatic carbocycles. The predicted molar refractivity (Wildman–Crippen MR) is 97.7 cm³/mol. The van der Waals surface area contributed by atoms with Crippen molar-refractivity contribution in [2.24, 2.45) is 0 Å². The van der Waals surface area contributed by atoms with Gasteiger partial charge in [0, 0.05) is 17.7 Å². The first-order valence-electron chi connectivity index (χ1n) is 8.81. The number of aromatic nitrogens is 1. The molecule has 0 radical (unpaired) electrons. The van der Waals surface area contributed by atoms with Gasteiger partial charge in [-0.1, -0.05) is 23.4 Å². The van der Waals surface area contributed by atoms with Crippen LogP contribution >= 0.6 is 0 Å². The van der Waals surface area contributed by atoms with Gasteiger partial charge in [0.15, 0.2) is 12.4 Å². The summed E-state index contributed by atoms with van der Waals surface area (Å²) in [6, 6.07) is 13.7. The summed E-state index contributed by atoms with van der Waals surface area (Å²) in [7, 11) is 0. The van der Waals surface area contributed by atoms with Gasteiger partial charge in [0.1, 0.15) is 17.3 Å². The number of carbonyl (C=O) groups excluding carboxylic acids is 1. The quantitative estimate of drug-likeness (QED) is 0.706. The fourth-order valence-electron chi connectivity index (χ4n) is 3.22. The van der Waals surface area contributed by atoms with Crippen LogP contribution < -0.4 is 4.74 Å². The molecule has 6 heteroatoms. The van der Waals surface area contributed by atoms with Crippen molar-refractivity contribution in [1.82, 2.24) is 10.1 Å².